The molecular formula is C21H38N4O2. The number of hydrogen-bond acceptors (Lipinski definition) is 4. The van der Waals surface area contributed by atoms with Gasteiger partial charge in [-0.15, -0.1) is 0 Å². The van der Waals surface area contributed by atoms with Crippen LogP contribution in [0.3, 0.4) is 0 Å². The highest BCUT2D eigenvalue weighted by atomic mass is 16.2. The third-order valence-corrected chi connectivity index (χ3v) is 6.32. The Kier molecular flexibility index (Phi) is 8.39. The zero-order valence-electron chi connectivity index (χ0n) is 17.0. The lowest BCUT2D eigenvalue weighted by Gasteiger charge is -2.27. The fourth-order valence-electron chi connectivity index (χ4n) is 4.56. The molecule has 0 unspecified atom stereocenters. The monoisotopic (exact) mass is 378 g/mol. The van der Waals surface area contributed by atoms with Crippen LogP contribution in [0.4, 0.5) is 0 Å². The van der Waals surface area contributed by atoms with E-state index in [1.54, 1.807) is 0 Å². The normalized spacial score (nSPS) is 24.1. The van der Waals surface area contributed by atoms with E-state index in [2.05, 4.69) is 19.6 Å². The fourth-order valence-corrected chi connectivity index (χ4v) is 4.56. The van der Waals surface area contributed by atoms with Gasteiger partial charge < -0.3 is 9.80 Å². The van der Waals surface area contributed by atoms with Gasteiger partial charge in [-0.25, -0.2) is 0 Å². The van der Waals surface area contributed by atoms with Crippen LogP contribution in [-0.4, -0.2) is 96.9 Å². The molecule has 0 radical (unpaired) electrons. The molecule has 0 aromatic carbocycles. The van der Waals surface area contributed by atoms with E-state index in [-0.39, 0.29) is 0 Å². The van der Waals surface area contributed by atoms with Crippen molar-refractivity contribution < 1.29 is 9.59 Å². The highest BCUT2D eigenvalue weighted by Gasteiger charge is 2.23. The quantitative estimate of drug-likeness (QED) is 0.748. The highest BCUT2D eigenvalue weighted by molar-refractivity contribution is 5.78. The molecule has 0 N–H and O–H groups in total. The van der Waals surface area contributed by atoms with Gasteiger partial charge >= 0.3 is 0 Å². The Morgan fingerprint density at radius 3 is 1.19 bits per heavy atom. The van der Waals surface area contributed by atoms with Gasteiger partial charge in [0.25, 0.3) is 0 Å². The molecule has 27 heavy (non-hydrogen) atoms. The van der Waals surface area contributed by atoms with Crippen molar-refractivity contribution in [2.24, 2.45) is 0 Å². The number of hydrogen-bond donors (Lipinski definition) is 0. The minimum atomic E-state index is 0.297. The fraction of sp³-hybridized carbons (Fsp3) is 0.905. The van der Waals surface area contributed by atoms with Crippen molar-refractivity contribution >= 4 is 11.8 Å². The molecule has 0 aromatic heterocycles. The summed E-state index contributed by atoms with van der Waals surface area (Å²) < 4.78 is 0. The predicted octanol–water partition coefficient (Wildman–Crippen LogP) is 1.80. The zero-order valence-corrected chi connectivity index (χ0v) is 17.0. The van der Waals surface area contributed by atoms with E-state index in [1.807, 2.05) is 0 Å². The average molecular weight is 379 g/mol. The number of likely N-dealkylation sites (tertiary alicyclic amines) is 2. The van der Waals surface area contributed by atoms with Crippen LogP contribution in [0.2, 0.25) is 0 Å². The van der Waals surface area contributed by atoms with Crippen molar-refractivity contribution in [1.29, 1.82) is 0 Å². The van der Waals surface area contributed by atoms with Crippen LogP contribution in [-0.2, 0) is 9.59 Å². The SMILES string of the molecule is O=C(CN1CCCN(CC(=O)N2CCCCCC2)CC1)N1CCCCCC1. The first-order chi connectivity index (χ1) is 13.2. The van der Waals surface area contributed by atoms with Crippen LogP contribution in [0.1, 0.15) is 57.8 Å². The molecule has 3 heterocycles. The minimum Gasteiger partial charge on any atom is -0.342 e. The summed E-state index contributed by atoms with van der Waals surface area (Å²) in [6.45, 7) is 8.56. The second kappa shape index (κ2) is 11.0. The summed E-state index contributed by atoms with van der Waals surface area (Å²) in [5.74, 6) is 0.594. The standard InChI is InChI=1S/C21H38N4O2/c26-20(24-12-5-1-2-6-13-24)18-22-10-9-11-23(17-16-22)19-21(27)25-14-7-3-4-8-15-25/h1-19H2. The Bertz CT molecular complexity index is 427. The number of rotatable bonds is 4. The molecule has 6 nitrogen and oxygen atoms in total. The van der Waals surface area contributed by atoms with Crippen molar-refractivity contribution in [1.82, 2.24) is 19.6 Å². The summed E-state index contributed by atoms with van der Waals surface area (Å²) in [7, 11) is 0. The van der Waals surface area contributed by atoms with E-state index in [0.717, 1.165) is 84.5 Å². The van der Waals surface area contributed by atoms with Crippen molar-refractivity contribution in [3.63, 3.8) is 0 Å². The maximum Gasteiger partial charge on any atom is 0.236 e. The first kappa shape index (κ1) is 20.6. The number of carbonyl (C=O) groups is 2. The molecular weight excluding hydrogens is 340 g/mol. The van der Waals surface area contributed by atoms with Crippen molar-refractivity contribution in [2.75, 3.05) is 65.4 Å². The van der Waals surface area contributed by atoms with Gasteiger partial charge in [0, 0.05) is 39.3 Å². The summed E-state index contributed by atoms with van der Waals surface area (Å²) in [5.41, 5.74) is 0. The Hall–Kier alpha value is -1.14. The van der Waals surface area contributed by atoms with Gasteiger partial charge in [0.1, 0.15) is 0 Å². The van der Waals surface area contributed by atoms with Gasteiger partial charge in [-0.2, -0.15) is 0 Å². The van der Waals surface area contributed by atoms with E-state index >= 15 is 0 Å². The van der Waals surface area contributed by atoms with Crippen molar-refractivity contribution in [3.05, 3.63) is 0 Å². The van der Waals surface area contributed by atoms with Gasteiger partial charge in [-0.05, 0) is 45.2 Å². The molecule has 6 heteroatoms. The van der Waals surface area contributed by atoms with Crippen LogP contribution < -0.4 is 0 Å². The summed E-state index contributed by atoms with van der Waals surface area (Å²) in [6.07, 6.45) is 10.7. The van der Waals surface area contributed by atoms with Crippen LogP contribution >= 0.6 is 0 Å². The maximum atomic E-state index is 12.6. The first-order valence-electron chi connectivity index (χ1n) is 11.2. The zero-order chi connectivity index (χ0) is 18.9. The molecule has 0 saturated carbocycles. The third-order valence-electron chi connectivity index (χ3n) is 6.32. The van der Waals surface area contributed by atoms with E-state index < -0.39 is 0 Å². The van der Waals surface area contributed by atoms with Gasteiger partial charge in [-0.1, -0.05) is 25.7 Å². The lowest BCUT2D eigenvalue weighted by molar-refractivity contribution is -0.133. The first-order valence-corrected chi connectivity index (χ1v) is 11.2. The van der Waals surface area contributed by atoms with Gasteiger partial charge in [0.05, 0.1) is 13.1 Å². The van der Waals surface area contributed by atoms with Crippen LogP contribution in [0.15, 0.2) is 0 Å². The largest absolute Gasteiger partial charge is 0.342 e. The van der Waals surface area contributed by atoms with Crippen molar-refractivity contribution in [3.8, 4) is 0 Å². The van der Waals surface area contributed by atoms with Crippen molar-refractivity contribution in [2.45, 2.75) is 57.8 Å². The van der Waals surface area contributed by atoms with Crippen LogP contribution in [0.5, 0.6) is 0 Å². The molecule has 0 aliphatic carbocycles. The van der Waals surface area contributed by atoms with E-state index in [0.29, 0.717) is 24.9 Å². The second-order valence-corrected chi connectivity index (χ2v) is 8.50. The smallest absolute Gasteiger partial charge is 0.236 e. The molecule has 0 aromatic rings. The number of nitrogens with zero attached hydrogens (tertiary/aromatic N) is 4. The second-order valence-electron chi connectivity index (χ2n) is 8.50. The Morgan fingerprint density at radius 2 is 0.815 bits per heavy atom. The molecule has 0 atom stereocenters. The van der Waals surface area contributed by atoms with Crippen LogP contribution in [0.25, 0.3) is 0 Å². The third kappa shape index (κ3) is 6.75. The molecule has 3 aliphatic rings. The molecule has 3 rings (SSSR count). The molecule has 154 valence electrons. The molecule has 2 amide bonds. The van der Waals surface area contributed by atoms with E-state index in [9.17, 15) is 9.59 Å². The number of carbonyl (C=O) groups excluding carboxylic acids is 2. The molecule has 0 bridgehead atoms. The van der Waals surface area contributed by atoms with Crippen LogP contribution in [0, 0.1) is 0 Å². The summed E-state index contributed by atoms with van der Waals surface area (Å²) in [6, 6.07) is 0. The van der Waals surface area contributed by atoms with Gasteiger partial charge in [-0.3, -0.25) is 19.4 Å². The predicted molar refractivity (Wildman–Crippen MR) is 108 cm³/mol. The Morgan fingerprint density at radius 1 is 0.444 bits per heavy atom. The lowest BCUT2D eigenvalue weighted by Crippen LogP contribution is -2.43. The Labute approximate surface area is 164 Å². The summed E-state index contributed by atoms with van der Waals surface area (Å²) in [5, 5.41) is 0. The Balaban J connectivity index is 1.41. The lowest BCUT2D eigenvalue weighted by atomic mass is 10.2. The summed E-state index contributed by atoms with van der Waals surface area (Å²) >= 11 is 0. The highest BCUT2D eigenvalue weighted by Crippen LogP contribution is 2.12. The molecule has 3 aliphatic heterocycles. The molecule has 3 saturated heterocycles. The van der Waals surface area contributed by atoms with Gasteiger partial charge in [0.15, 0.2) is 0 Å². The topological polar surface area (TPSA) is 47.1 Å². The summed E-state index contributed by atoms with van der Waals surface area (Å²) in [4.78, 5) is 34.0. The number of amides is 2. The minimum absolute atomic E-state index is 0.297. The average Bonchev–Trinajstić information content (AvgIpc) is 3.17. The van der Waals surface area contributed by atoms with Gasteiger partial charge in [0.2, 0.25) is 11.8 Å². The molecule has 3 fully saturated rings. The molecule has 0 spiro atoms. The maximum absolute atomic E-state index is 12.6. The van der Waals surface area contributed by atoms with E-state index in [4.69, 9.17) is 0 Å². The van der Waals surface area contributed by atoms with E-state index in [1.165, 1.54) is 25.7 Å².